The Kier molecular flexibility index (Phi) is 6.66. The van der Waals surface area contributed by atoms with E-state index in [0.29, 0.717) is 17.2 Å². The fraction of sp³-hybridized carbons (Fsp3) is 0.238. The summed E-state index contributed by atoms with van der Waals surface area (Å²) < 4.78 is 44.6. The number of aryl methyl sites for hydroxylation is 1. The predicted octanol–water partition coefficient (Wildman–Crippen LogP) is 5.30. The molecule has 0 radical (unpaired) electrons. The molecule has 0 bridgehead atoms. The molecule has 1 aliphatic carbocycles. The van der Waals surface area contributed by atoms with Crippen molar-refractivity contribution in [1.82, 2.24) is 10.3 Å². The van der Waals surface area contributed by atoms with Crippen LogP contribution in [0.5, 0.6) is 11.5 Å². The lowest BCUT2D eigenvalue weighted by Gasteiger charge is -2.24. The lowest BCUT2D eigenvalue weighted by atomic mass is 9.97. The summed E-state index contributed by atoms with van der Waals surface area (Å²) >= 11 is 5.64. The molecule has 5 nitrogen and oxygen atoms in total. The Morgan fingerprint density at radius 1 is 1.20 bits per heavy atom. The molecule has 2 aromatic rings. The first-order valence-electron chi connectivity index (χ1n) is 9.08. The standard InChI is InChI=1S/C21H19ClF3N3O2/c1-13-10-17(8-9-26-13)30-16-5-2-14(3-6-16)27-12-20(29)28-15-4-7-19(22)18(11-15)21(23,24)25/h2-10,18,27H,11-12H2,1H3,(H,28,29). The number of hydrogen-bond acceptors (Lipinski definition) is 4. The van der Waals surface area contributed by atoms with Crippen LogP contribution in [-0.4, -0.2) is 23.6 Å². The number of aromatic nitrogens is 1. The van der Waals surface area contributed by atoms with E-state index < -0.39 is 24.4 Å². The molecule has 1 aromatic carbocycles. The number of pyridine rings is 1. The van der Waals surface area contributed by atoms with Gasteiger partial charge in [-0.25, -0.2) is 0 Å². The van der Waals surface area contributed by atoms with Crippen molar-refractivity contribution < 1.29 is 22.7 Å². The molecule has 1 atom stereocenters. The molecule has 0 spiro atoms. The Bertz CT molecular complexity index is 972. The van der Waals surface area contributed by atoms with Crippen molar-refractivity contribution in [3.8, 4) is 11.5 Å². The highest BCUT2D eigenvalue weighted by atomic mass is 35.5. The van der Waals surface area contributed by atoms with E-state index >= 15 is 0 Å². The molecule has 30 heavy (non-hydrogen) atoms. The van der Waals surface area contributed by atoms with Crippen LogP contribution in [-0.2, 0) is 4.79 Å². The molecular formula is C21H19ClF3N3O2. The van der Waals surface area contributed by atoms with Gasteiger partial charge in [-0.2, -0.15) is 13.2 Å². The van der Waals surface area contributed by atoms with Gasteiger partial charge in [0, 0.05) is 40.8 Å². The van der Waals surface area contributed by atoms with Crippen molar-refractivity contribution in [1.29, 1.82) is 0 Å². The van der Waals surface area contributed by atoms with E-state index in [1.807, 2.05) is 13.0 Å². The number of anilines is 1. The number of rotatable bonds is 6. The number of ether oxygens (including phenoxy) is 1. The summed E-state index contributed by atoms with van der Waals surface area (Å²) in [5, 5.41) is 5.11. The van der Waals surface area contributed by atoms with Crippen LogP contribution in [0, 0.1) is 12.8 Å². The number of allylic oxidation sites excluding steroid dienone is 4. The van der Waals surface area contributed by atoms with Gasteiger partial charge in [-0.15, -0.1) is 0 Å². The third kappa shape index (κ3) is 6.00. The summed E-state index contributed by atoms with van der Waals surface area (Å²) in [6.45, 7) is 1.76. The first kappa shape index (κ1) is 21.7. The summed E-state index contributed by atoms with van der Waals surface area (Å²) in [7, 11) is 0. The molecule has 3 rings (SSSR count). The van der Waals surface area contributed by atoms with Crippen LogP contribution in [0.2, 0.25) is 0 Å². The van der Waals surface area contributed by atoms with Crippen molar-refractivity contribution in [2.45, 2.75) is 19.5 Å². The number of benzene rings is 1. The molecule has 9 heteroatoms. The lowest BCUT2D eigenvalue weighted by Crippen LogP contribution is -2.33. The molecule has 0 saturated carbocycles. The fourth-order valence-corrected chi connectivity index (χ4v) is 3.08. The minimum absolute atomic E-state index is 0.102. The van der Waals surface area contributed by atoms with Crippen molar-refractivity contribution in [2.75, 3.05) is 11.9 Å². The van der Waals surface area contributed by atoms with Crippen LogP contribution in [0.4, 0.5) is 18.9 Å². The predicted molar refractivity (Wildman–Crippen MR) is 108 cm³/mol. The molecule has 0 aliphatic heterocycles. The summed E-state index contributed by atoms with van der Waals surface area (Å²) in [5.41, 5.74) is 1.67. The molecular weight excluding hydrogens is 419 g/mol. The summed E-state index contributed by atoms with van der Waals surface area (Å²) in [6, 6.07) is 10.5. The molecule has 1 aliphatic rings. The zero-order chi connectivity index (χ0) is 21.7. The largest absolute Gasteiger partial charge is 0.457 e. The molecule has 1 heterocycles. The van der Waals surface area contributed by atoms with Gasteiger partial charge in [0.15, 0.2) is 0 Å². The molecule has 0 fully saturated rings. The van der Waals surface area contributed by atoms with E-state index in [4.69, 9.17) is 16.3 Å². The third-order valence-corrected chi connectivity index (χ3v) is 4.70. The Hall–Kier alpha value is -3.00. The maximum absolute atomic E-state index is 13.0. The van der Waals surface area contributed by atoms with Crippen molar-refractivity contribution in [2.24, 2.45) is 5.92 Å². The number of carbonyl (C=O) groups excluding carboxylic acids is 1. The van der Waals surface area contributed by atoms with Gasteiger partial charge in [0.2, 0.25) is 5.91 Å². The molecule has 158 valence electrons. The molecule has 1 amide bonds. The minimum atomic E-state index is -4.46. The second kappa shape index (κ2) is 9.21. The minimum Gasteiger partial charge on any atom is -0.457 e. The summed E-state index contributed by atoms with van der Waals surface area (Å²) in [5.74, 6) is -0.982. The van der Waals surface area contributed by atoms with Gasteiger partial charge in [0.1, 0.15) is 11.5 Å². The number of halogens is 4. The Labute approximate surface area is 176 Å². The van der Waals surface area contributed by atoms with E-state index in [1.165, 1.54) is 6.08 Å². The maximum atomic E-state index is 13.0. The Morgan fingerprint density at radius 3 is 2.60 bits per heavy atom. The van der Waals surface area contributed by atoms with Gasteiger partial charge < -0.3 is 15.4 Å². The molecule has 1 unspecified atom stereocenters. The average molecular weight is 438 g/mol. The van der Waals surface area contributed by atoms with Crippen LogP contribution >= 0.6 is 11.6 Å². The summed E-state index contributed by atoms with van der Waals surface area (Å²) in [6.07, 6.45) is -0.660. The smallest absolute Gasteiger partial charge is 0.396 e. The molecule has 1 aromatic heterocycles. The van der Waals surface area contributed by atoms with Gasteiger partial charge in [0.25, 0.3) is 0 Å². The topological polar surface area (TPSA) is 63.2 Å². The lowest BCUT2D eigenvalue weighted by molar-refractivity contribution is -0.162. The Morgan fingerprint density at radius 2 is 1.93 bits per heavy atom. The fourth-order valence-electron chi connectivity index (χ4n) is 2.81. The van der Waals surface area contributed by atoms with Crippen LogP contribution < -0.4 is 15.4 Å². The van der Waals surface area contributed by atoms with E-state index in [2.05, 4.69) is 15.6 Å². The van der Waals surface area contributed by atoms with E-state index in [1.54, 1.807) is 36.5 Å². The molecule has 0 saturated heterocycles. The number of hydrogen-bond donors (Lipinski definition) is 2. The highest BCUT2D eigenvalue weighted by Gasteiger charge is 2.43. The van der Waals surface area contributed by atoms with Crippen molar-refractivity contribution in [3.63, 3.8) is 0 Å². The first-order chi connectivity index (χ1) is 14.2. The number of carbonyl (C=O) groups is 1. The third-order valence-electron chi connectivity index (χ3n) is 4.31. The van der Waals surface area contributed by atoms with Crippen molar-refractivity contribution in [3.05, 3.63) is 71.2 Å². The van der Waals surface area contributed by atoms with Gasteiger partial charge in [-0.3, -0.25) is 9.78 Å². The maximum Gasteiger partial charge on any atom is 0.396 e. The highest BCUT2D eigenvalue weighted by molar-refractivity contribution is 6.30. The van der Waals surface area contributed by atoms with E-state index in [0.717, 1.165) is 11.8 Å². The Balaban J connectivity index is 1.50. The van der Waals surface area contributed by atoms with E-state index in [9.17, 15) is 18.0 Å². The molecule has 2 N–H and O–H groups in total. The van der Waals surface area contributed by atoms with Gasteiger partial charge >= 0.3 is 6.18 Å². The number of amides is 1. The normalized spacial score (nSPS) is 16.4. The zero-order valence-corrected chi connectivity index (χ0v) is 16.7. The summed E-state index contributed by atoms with van der Waals surface area (Å²) in [4.78, 5) is 16.2. The van der Waals surface area contributed by atoms with Crippen LogP contribution in [0.25, 0.3) is 0 Å². The number of nitrogens with one attached hydrogen (secondary N) is 2. The zero-order valence-electron chi connectivity index (χ0n) is 16.0. The quantitative estimate of drug-likeness (QED) is 0.643. The van der Waals surface area contributed by atoms with Crippen molar-refractivity contribution >= 4 is 23.2 Å². The van der Waals surface area contributed by atoms with Gasteiger partial charge in [-0.1, -0.05) is 11.6 Å². The van der Waals surface area contributed by atoms with Gasteiger partial charge in [-0.05, 0) is 49.4 Å². The monoisotopic (exact) mass is 437 g/mol. The number of nitrogens with zero attached hydrogens (tertiary/aromatic N) is 1. The van der Waals surface area contributed by atoms with E-state index in [-0.39, 0.29) is 17.3 Å². The first-order valence-corrected chi connectivity index (χ1v) is 9.46. The average Bonchev–Trinajstić information content (AvgIpc) is 2.68. The second-order valence-electron chi connectivity index (χ2n) is 6.70. The highest BCUT2D eigenvalue weighted by Crippen LogP contribution is 2.39. The SMILES string of the molecule is Cc1cc(Oc2ccc(NCC(=O)NC3=CC=C(Cl)C(C(F)(F)F)C3)cc2)ccn1. The second-order valence-corrected chi connectivity index (χ2v) is 7.14. The number of alkyl halides is 3. The van der Waals surface area contributed by atoms with Gasteiger partial charge in [0.05, 0.1) is 12.5 Å². The van der Waals surface area contributed by atoms with Crippen LogP contribution in [0.3, 0.4) is 0 Å². The van der Waals surface area contributed by atoms with Crippen LogP contribution in [0.15, 0.2) is 65.5 Å². The van der Waals surface area contributed by atoms with Crippen LogP contribution in [0.1, 0.15) is 12.1 Å².